The Bertz CT molecular complexity index is 657. The van der Waals surface area contributed by atoms with Gasteiger partial charge in [0.1, 0.15) is 5.75 Å². The summed E-state index contributed by atoms with van der Waals surface area (Å²) in [6.07, 6.45) is 4.51. The quantitative estimate of drug-likeness (QED) is 0.882. The first kappa shape index (κ1) is 16.8. The van der Waals surface area contributed by atoms with Gasteiger partial charge in [-0.15, -0.1) is 11.3 Å². The van der Waals surface area contributed by atoms with E-state index in [4.69, 9.17) is 4.74 Å². The Hall–Kier alpha value is -2.01. The number of amides is 2. The van der Waals surface area contributed by atoms with Crippen LogP contribution in [-0.4, -0.2) is 24.6 Å². The smallest absolute Gasteiger partial charge is 0.318 e. The number of thiophene rings is 1. The molecular formula is C19H24N2O2S. The van der Waals surface area contributed by atoms with Gasteiger partial charge in [0.2, 0.25) is 0 Å². The van der Waals surface area contributed by atoms with Gasteiger partial charge in [-0.3, -0.25) is 0 Å². The van der Waals surface area contributed by atoms with Crippen LogP contribution in [0, 0.1) is 0 Å². The summed E-state index contributed by atoms with van der Waals surface area (Å²) in [4.78, 5) is 16.1. The minimum absolute atomic E-state index is 0.0260. The highest BCUT2D eigenvalue weighted by Crippen LogP contribution is 2.32. The normalized spacial score (nSPS) is 18.0. The fourth-order valence-electron chi connectivity index (χ4n) is 3.19. The Morgan fingerprint density at radius 1 is 1.29 bits per heavy atom. The number of methoxy groups -OCH3 is 1. The molecule has 3 rings (SSSR count). The maximum Gasteiger partial charge on any atom is 0.318 e. The molecule has 4 nitrogen and oxygen atoms in total. The molecule has 128 valence electrons. The van der Waals surface area contributed by atoms with Crippen LogP contribution in [0.5, 0.6) is 5.75 Å². The van der Waals surface area contributed by atoms with Crippen LogP contribution in [0.25, 0.3) is 0 Å². The van der Waals surface area contributed by atoms with Gasteiger partial charge < -0.3 is 15.0 Å². The van der Waals surface area contributed by atoms with E-state index in [0.717, 1.165) is 30.7 Å². The van der Waals surface area contributed by atoms with E-state index in [1.54, 1.807) is 18.4 Å². The minimum atomic E-state index is 0.0260. The van der Waals surface area contributed by atoms with Gasteiger partial charge in [0.25, 0.3) is 0 Å². The molecule has 1 atom stereocenters. The second-order valence-corrected chi connectivity index (χ2v) is 7.06. The van der Waals surface area contributed by atoms with Gasteiger partial charge in [0, 0.05) is 18.0 Å². The molecule has 0 spiro atoms. The van der Waals surface area contributed by atoms with E-state index in [1.165, 1.54) is 17.7 Å². The van der Waals surface area contributed by atoms with Crippen molar-refractivity contribution in [1.29, 1.82) is 0 Å². The third-order valence-corrected chi connectivity index (χ3v) is 5.44. The molecule has 1 aromatic heterocycles. The summed E-state index contributed by atoms with van der Waals surface area (Å²) in [5, 5.41) is 5.17. The number of hydrogen-bond donors (Lipinski definition) is 1. The summed E-state index contributed by atoms with van der Waals surface area (Å²) in [5.41, 5.74) is 1.05. The van der Waals surface area contributed by atoms with Crippen molar-refractivity contribution in [2.24, 2.45) is 0 Å². The second kappa shape index (κ2) is 8.20. The molecule has 0 saturated carbocycles. The molecule has 2 aromatic rings. The molecule has 0 radical (unpaired) electrons. The van der Waals surface area contributed by atoms with Crippen LogP contribution in [0.15, 0.2) is 41.8 Å². The lowest BCUT2D eigenvalue weighted by atomic mass is 10.1. The number of ether oxygens (including phenoxy) is 1. The fraction of sp³-hybridized carbons (Fsp3) is 0.421. The van der Waals surface area contributed by atoms with E-state index in [1.807, 2.05) is 29.2 Å². The zero-order valence-corrected chi connectivity index (χ0v) is 14.8. The molecule has 1 saturated heterocycles. The average Bonchev–Trinajstić information content (AvgIpc) is 3.04. The van der Waals surface area contributed by atoms with Crippen LogP contribution in [0.2, 0.25) is 0 Å². The van der Waals surface area contributed by atoms with Crippen molar-refractivity contribution < 1.29 is 9.53 Å². The highest BCUT2D eigenvalue weighted by atomic mass is 32.1. The van der Waals surface area contributed by atoms with Gasteiger partial charge in [-0.25, -0.2) is 4.79 Å². The molecule has 1 aliphatic rings. The Kier molecular flexibility index (Phi) is 5.75. The zero-order chi connectivity index (χ0) is 16.8. The highest BCUT2D eigenvalue weighted by Gasteiger charge is 2.27. The van der Waals surface area contributed by atoms with E-state index < -0.39 is 0 Å². The highest BCUT2D eigenvalue weighted by molar-refractivity contribution is 7.10. The van der Waals surface area contributed by atoms with E-state index >= 15 is 0 Å². The van der Waals surface area contributed by atoms with Crippen LogP contribution in [0.3, 0.4) is 0 Å². The first-order chi connectivity index (χ1) is 11.8. The molecule has 24 heavy (non-hydrogen) atoms. The Morgan fingerprint density at radius 2 is 2.21 bits per heavy atom. The predicted octanol–water partition coefficient (Wildman–Crippen LogP) is 4.58. The van der Waals surface area contributed by atoms with Crippen molar-refractivity contribution in [3.05, 3.63) is 52.2 Å². The van der Waals surface area contributed by atoms with Crippen LogP contribution in [0.4, 0.5) is 4.79 Å². The average molecular weight is 344 g/mol. The van der Waals surface area contributed by atoms with Crippen LogP contribution in [0.1, 0.15) is 42.2 Å². The van der Waals surface area contributed by atoms with Gasteiger partial charge in [0.05, 0.1) is 13.2 Å². The summed E-state index contributed by atoms with van der Waals surface area (Å²) in [6, 6.07) is 12.3. The maximum atomic E-state index is 12.8. The number of benzene rings is 1. The Labute approximate surface area is 147 Å². The molecule has 0 bridgehead atoms. The molecule has 1 unspecified atom stereocenters. The van der Waals surface area contributed by atoms with Crippen molar-refractivity contribution in [3.63, 3.8) is 0 Å². The van der Waals surface area contributed by atoms with Crippen LogP contribution >= 0.6 is 11.3 Å². The number of carbonyl (C=O) groups is 1. The molecule has 1 fully saturated rings. The molecule has 1 N–H and O–H groups in total. The molecule has 1 aromatic carbocycles. The fourth-order valence-corrected chi connectivity index (χ4v) is 4.06. The lowest BCUT2D eigenvalue weighted by Crippen LogP contribution is -2.41. The SMILES string of the molecule is COc1cccc(CNC(=O)N2CCCCCC2c2cccs2)c1. The number of urea groups is 1. The van der Waals surface area contributed by atoms with Crippen molar-refractivity contribution in [3.8, 4) is 5.75 Å². The molecule has 5 heteroatoms. The first-order valence-corrected chi connectivity index (χ1v) is 9.36. The van der Waals surface area contributed by atoms with Gasteiger partial charge in [-0.2, -0.15) is 0 Å². The van der Waals surface area contributed by atoms with Crippen LogP contribution < -0.4 is 10.1 Å². The Morgan fingerprint density at radius 3 is 3.00 bits per heavy atom. The lowest BCUT2D eigenvalue weighted by Gasteiger charge is -2.29. The third kappa shape index (κ3) is 4.09. The molecule has 1 aliphatic heterocycles. The minimum Gasteiger partial charge on any atom is -0.497 e. The van der Waals surface area contributed by atoms with Gasteiger partial charge in [-0.1, -0.05) is 31.0 Å². The van der Waals surface area contributed by atoms with E-state index in [9.17, 15) is 4.79 Å². The summed E-state index contributed by atoms with van der Waals surface area (Å²) in [7, 11) is 1.65. The van der Waals surface area contributed by atoms with Crippen molar-refractivity contribution in [1.82, 2.24) is 10.2 Å². The van der Waals surface area contributed by atoms with E-state index in [-0.39, 0.29) is 12.1 Å². The molecule has 0 aliphatic carbocycles. The van der Waals surface area contributed by atoms with E-state index in [0.29, 0.717) is 6.54 Å². The van der Waals surface area contributed by atoms with Gasteiger partial charge in [-0.05, 0) is 42.0 Å². The number of rotatable bonds is 4. The van der Waals surface area contributed by atoms with Crippen molar-refractivity contribution >= 4 is 17.4 Å². The zero-order valence-electron chi connectivity index (χ0n) is 14.0. The van der Waals surface area contributed by atoms with Gasteiger partial charge >= 0.3 is 6.03 Å². The Balaban J connectivity index is 1.67. The standard InChI is InChI=1S/C19H24N2O2S/c1-23-16-8-5-7-15(13-16)14-20-19(22)21-11-4-2-3-9-17(21)18-10-6-12-24-18/h5-8,10,12-13,17H,2-4,9,11,14H2,1H3,(H,20,22). The van der Waals surface area contributed by atoms with Crippen molar-refractivity contribution in [2.45, 2.75) is 38.3 Å². The monoisotopic (exact) mass is 344 g/mol. The summed E-state index contributed by atoms with van der Waals surface area (Å²) < 4.78 is 5.24. The topological polar surface area (TPSA) is 41.6 Å². The number of likely N-dealkylation sites (tertiary alicyclic amines) is 1. The number of nitrogens with one attached hydrogen (secondary N) is 1. The number of carbonyl (C=O) groups excluding carboxylic acids is 1. The van der Waals surface area contributed by atoms with Gasteiger partial charge in [0.15, 0.2) is 0 Å². The second-order valence-electron chi connectivity index (χ2n) is 6.08. The summed E-state index contributed by atoms with van der Waals surface area (Å²) in [5.74, 6) is 0.813. The molecular weight excluding hydrogens is 320 g/mol. The summed E-state index contributed by atoms with van der Waals surface area (Å²) in [6.45, 7) is 1.34. The van der Waals surface area contributed by atoms with Crippen molar-refractivity contribution in [2.75, 3.05) is 13.7 Å². The van der Waals surface area contributed by atoms with E-state index in [2.05, 4.69) is 22.8 Å². The lowest BCUT2D eigenvalue weighted by molar-refractivity contribution is 0.176. The maximum absolute atomic E-state index is 12.8. The summed E-state index contributed by atoms with van der Waals surface area (Å²) >= 11 is 1.74. The molecule has 2 amide bonds. The largest absolute Gasteiger partial charge is 0.497 e. The first-order valence-electron chi connectivity index (χ1n) is 8.49. The van der Waals surface area contributed by atoms with Crippen LogP contribution in [-0.2, 0) is 6.54 Å². The number of nitrogens with zero attached hydrogens (tertiary/aromatic N) is 1. The molecule has 2 heterocycles. The predicted molar refractivity (Wildman–Crippen MR) is 97.5 cm³/mol. The number of hydrogen-bond acceptors (Lipinski definition) is 3. The third-order valence-electron chi connectivity index (χ3n) is 4.46.